The first kappa shape index (κ1) is 21.5. The Labute approximate surface area is 186 Å². The number of aromatic amines is 1. The molecule has 0 bridgehead atoms. The van der Waals surface area contributed by atoms with Crippen molar-refractivity contribution < 1.29 is 13.9 Å². The summed E-state index contributed by atoms with van der Waals surface area (Å²) in [4.78, 5) is 20.3. The molecular formula is C26H24FN3O2. The molecule has 162 valence electrons. The standard InChI is InChI=1S/C26H24FN3O2/c27-18-25(28,16-23-17-29-19-30-23)24(31)32-26(20-10-4-1-5-11-20,21-12-6-2-7-13-21)22-14-8-3-9-15-22/h1-15,17,19H,16,18,28H2,(H,29,30)/t25-/m1/s1. The van der Waals surface area contributed by atoms with Crippen LogP contribution in [0.25, 0.3) is 0 Å². The number of nitrogens with one attached hydrogen (secondary N) is 1. The lowest BCUT2D eigenvalue weighted by Gasteiger charge is -2.38. The third-order valence-electron chi connectivity index (χ3n) is 5.49. The van der Waals surface area contributed by atoms with Crippen LogP contribution in [0, 0.1) is 0 Å². The van der Waals surface area contributed by atoms with Crippen molar-refractivity contribution in [1.29, 1.82) is 0 Å². The highest BCUT2D eigenvalue weighted by Gasteiger charge is 2.46. The van der Waals surface area contributed by atoms with Crippen LogP contribution in [0.3, 0.4) is 0 Å². The average Bonchev–Trinajstić information content (AvgIpc) is 3.36. The van der Waals surface area contributed by atoms with Gasteiger partial charge in [-0.1, -0.05) is 91.0 Å². The molecule has 0 fully saturated rings. The molecule has 4 rings (SSSR count). The van der Waals surface area contributed by atoms with E-state index in [-0.39, 0.29) is 6.42 Å². The fourth-order valence-corrected chi connectivity index (χ4v) is 3.83. The molecule has 32 heavy (non-hydrogen) atoms. The highest BCUT2D eigenvalue weighted by atomic mass is 19.1. The Morgan fingerprint density at radius 2 is 1.34 bits per heavy atom. The minimum atomic E-state index is -1.88. The van der Waals surface area contributed by atoms with Crippen LogP contribution < -0.4 is 5.73 Å². The van der Waals surface area contributed by atoms with Crippen molar-refractivity contribution in [2.45, 2.75) is 17.6 Å². The summed E-state index contributed by atoms with van der Waals surface area (Å²) in [6.07, 6.45) is 2.90. The molecule has 1 aromatic heterocycles. The predicted molar refractivity (Wildman–Crippen MR) is 120 cm³/mol. The maximum atomic E-state index is 14.2. The number of alkyl halides is 1. The van der Waals surface area contributed by atoms with Crippen molar-refractivity contribution in [3.05, 3.63) is 126 Å². The number of esters is 1. The number of nitrogens with two attached hydrogens (primary N) is 1. The zero-order chi connectivity index (χ0) is 22.4. The van der Waals surface area contributed by atoms with E-state index in [1.807, 2.05) is 91.0 Å². The summed E-state index contributed by atoms with van der Waals surface area (Å²) in [5.74, 6) is -0.842. The number of carbonyl (C=O) groups excluding carboxylic acids is 1. The normalized spacial score (nSPS) is 13.3. The van der Waals surface area contributed by atoms with Gasteiger partial charge >= 0.3 is 5.97 Å². The van der Waals surface area contributed by atoms with Crippen molar-refractivity contribution in [3.8, 4) is 0 Å². The maximum Gasteiger partial charge on any atom is 0.330 e. The molecule has 1 heterocycles. The Hall–Kier alpha value is -3.77. The lowest BCUT2D eigenvalue weighted by molar-refractivity contribution is -0.161. The predicted octanol–water partition coefficient (Wildman–Crippen LogP) is 4.15. The number of imidazole rings is 1. The van der Waals surface area contributed by atoms with Crippen molar-refractivity contribution in [2.24, 2.45) is 5.73 Å². The van der Waals surface area contributed by atoms with Gasteiger partial charge in [-0.2, -0.15) is 0 Å². The number of H-pyrrole nitrogens is 1. The van der Waals surface area contributed by atoms with E-state index in [4.69, 9.17) is 10.5 Å². The molecule has 3 aromatic carbocycles. The van der Waals surface area contributed by atoms with Gasteiger partial charge in [0, 0.05) is 35.0 Å². The molecule has 0 unspecified atom stereocenters. The lowest BCUT2D eigenvalue weighted by atomic mass is 9.79. The first-order valence-corrected chi connectivity index (χ1v) is 10.3. The average molecular weight is 429 g/mol. The molecule has 0 spiro atoms. The Kier molecular flexibility index (Phi) is 6.14. The zero-order valence-corrected chi connectivity index (χ0v) is 17.4. The Morgan fingerprint density at radius 3 is 1.72 bits per heavy atom. The van der Waals surface area contributed by atoms with Crippen molar-refractivity contribution >= 4 is 5.97 Å². The monoisotopic (exact) mass is 429 g/mol. The number of hydrogen-bond donors (Lipinski definition) is 2. The van der Waals surface area contributed by atoms with Crippen LogP contribution in [0.1, 0.15) is 22.4 Å². The molecule has 5 nitrogen and oxygen atoms in total. The summed E-state index contributed by atoms with van der Waals surface area (Å²) in [6, 6.07) is 28.2. The van der Waals surface area contributed by atoms with Crippen molar-refractivity contribution in [1.82, 2.24) is 9.97 Å². The quantitative estimate of drug-likeness (QED) is 0.326. The van der Waals surface area contributed by atoms with Gasteiger partial charge < -0.3 is 15.5 Å². The van der Waals surface area contributed by atoms with Gasteiger partial charge in [0.2, 0.25) is 0 Å². The molecule has 0 amide bonds. The van der Waals surface area contributed by atoms with E-state index < -0.39 is 23.8 Å². The van der Waals surface area contributed by atoms with Crippen LogP contribution in [0.4, 0.5) is 4.39 Å². The molecule has 6 heteroatoms. The first-order valence-electron chi connectivity index (χ1n) is 10.3. The second-order valence-corrected chi connectivity index (χ2v) is 7.71. The van der Waals surface area contributed by atoms with Gasteiger partial charge in [-0.05, 0) is 0 Å². The van der Waals surface area contributed by atoms with Crippen LogP contribution >= 0.6 is 0 Å². The Balaban J connectivity index is 1.87. The molecule has 0 radical (unpaired) electrons. The third-order valence-corrected chi connectivity index (χ3v) is 5.49. The summed E-state index contributed by atoms with van der Waals surface area (Å²) in [6.45, 7) is -1.08. The Bertz CT molecular complexity index is 1040. The minimum Gasteiger partial charge on any atom is -0.443 e. The highest BCUT2D eigenvalue weighted by molar-refractivity contribution is 5.82. The molecule has 0 saturated carbocycles. The number of halogens is 1. The maximum absolute atomic E-state index is 14.2. The summed E-state index contributed by atoms with van der Waals surface area (Å²) < 4.78 is 20.5. The molecule has 0 aliphatic carbocycles. The fourth-order valence-electron chi connectivity index (χ4n) is 3.83. The van der Waals surface area contributed by atoms with E-state index in [0.717, 1.165) is 16.7 Å². The Morgan fingerprint density at radius 1 is 0.875 bits per heavy atom. The van der Waals surface area contributed by atoms with Gasteiger partial charge in [-0.3, -0.25) is 0 Å². The fraction of sp³-hybridized carbons (Fsp3) is 0.154. The highest BCUT2D eigenvalue weighted by Crippen LogP contribution is 2.41. The van der Waals surface area contributed by atoms with E-state index >= 15 is 0 Å². The SMILES string of the molecule is N[C@@](CF)(Cc1cnc[nH]1)C(=O)OC(c1ccccc1)(c1ccccc1)c1ccccc1. The van der Waals surface area contributed by atoms with E-state index in [2.05, 4.69) is 9.97 Å². The van der Waals surface area contributed by atoms with Gasteiger partial charge in [-0.25, -0.2) is 14.2 Å². The van der Waals surface area contributed by atoms with E-state index in [1.54, 1.807) is 0 Å². The van der Waals surface area contributed by atoms with E-state index in [0.29, 0.717) is 5.69 Å². The van der Waals surface area contributed by atoms with Crippen molar-refractivity contribution in [2.75, 3.05) is 6.67 Å². The molecule has 0 saturated heterocycles. The molecule has 4 aromatic rings. The summed E-state index contributed by atoms with van der Waals surface area (Å²) in [7, 11) is 0. The van der Waals surface area contributed by atoms with Crippen LogP contribution in [0.5, 0.6) is 0 Å². The molecular weight excluding hydrogens is 405 g/mol. The van der Waals surface area contributed by atoms with Gasteiger partial charge in [0.15, 0.2) is 5.60 Å². The number of ether oxygens (including phenoxy) is 1. The van der Waals surface area contributed by atoms with Gasteiger partial charge in [0.05, 0.1) is 6.33 Å². The largest absolute Gasteiger partial charge is 0.443 e. The van der Waals surface area contributed by atoms with E-state index in [1.165, 1.54) is 12.5 Å². The van der Waals surface area contributed by atoms with Gasteiger partial charge in [0.1, 0.15) is 12.2 Å². The summed E-state index contributed by atoms with van der Waals surface area (Å²) in [5, 5.41) is 0. The van der Waals surface area contributed by atoms with Crippen LogP contribution in [0.15, 0.2) is 104 Å². The topological polar surface area (TPSA) is 81.0 Å². The minimum absolute atomic E-state index is 0.0726. The van der Waals surface area contributed by atoms with Crippen molar-refractivity contribution in [3.63, 3.8) is 0 Å². The molecule has 1 atom stereocenters. The number of hydrogen-bond acceptors (Lipinski definition) is 4. The second-order valence-electron chi connectivity index (χ2n) is 7.71. The van der Waals surface area contributed by atoms with E-state index in [9.17, 15) is 9.18 Å². The first-order chi connectivity index (χ1) is 15.6. The van der Waals surface area contributed by atoms with Crippen LogP contribution in [0.2, 0.25) is 0 Å². The molecule has 0 aliphatic heterocycles. The third kappa shape index (κ3) is 4.05. The number of rotatable bonds is 8. The van der Waals surface area contributed by atoms with Crippen LogP contribution in [-0.2, 0) is 21.6 Å². The molecule has 3 N–H and O–H groups in total. The molecule has 0 aliphatic rings. The number of nitrogens with zero attached hydrogens (tertiary/aromatic N) is 1. The van der Waals surface area contributed by atoms with Gasteiger partial charge in [0.25, 0.3) is 0 Å². The number of aromatic nitrogens is 2. The zero-order valence-electron chi connectivity index (χ0n) is 17.4. The van der Waals surface area contributed by atoms with Gasteiger partial charge in [-0.15, -0.1) is 0 Å². The lowest BCUT2D eigenvalue weighted by Crippen LogP contribution is -2.55. The summed E-state index contributed by atoms with van der Waals surface area (Å²) >= 11 is 0. The number of carbonyl (C=O) groups is 1. The summed E-state index contributed by atoms with van der Waals surface area (Å²) in [5.41, 5.74) is 5.82. The number of benzene rings is 3. The second kappa shape index (κ2) is 9.16. The van der Waals surface area contributed by atoms with Crippen LogP contribution in [-0.4, -0.2) is 28.2 Å². The smallest absolute Gasteiger partial charge is 0.330 e.